The Labute approximate surface area is 149 Å². The van der Waals surface area contributed by atoms with Gasteiger partial charge in [0.05, 0.1) is 18.8 Å². The van der Waals surface area contributed by atoms with E-state index < -0.39 is 54.7 Å². The van der Waals surface area contributed by atoms with E-state index in [0.29, 0.717) is 0 Å². The number of aliphatic carboxylic acids is 1. The average molecular weight is 378 g/mol. The van der Waals surface area contributed by atoms with Crippen LogP contribution in [0.2, 0.25) is 0 Å². The van der Waals surface area contributed by atoms with Crippen molar-refractivity contribution in [2.75, 3.05) is 20.2 Å². The van der Waals surface area contributed by atoms with Crippen molar-refractivity contribution in [2.24, 2.45) is 11.5 Å². The molecule has 0 aromatic rings. The van der Waals surface area contributed by atoms with Crippen LogP contribution in [0.3, 0.4) is 0 Å². The van der Waals surface area contributed by atoms with Gasteiger partial charge in [-0.1, -0.05) is 0 Å². The lowest BCUT2D eigenvalue weighted by molar-refractivity contribution is -0.141. The highest BCUT2D eigenvalue weighted by molar-refractivity contribution is 5.84. The van der Waals surface area contributed by atoms with Crippen molar-refractivity contribution in [3.8, 4) is 0 Å². The van der Waals surface area contributed by atoms with E-state index in [9.17, 15) is 24.3 Å². The molecule has 0 aliphatic rings. The Morgan fingerprint density at radius 2 is 1.77 bits per heavy atom. The SMILES string of the molecule is CC(O)[C@H](NC(=O)N[C@@H](CC(N)=O)CN(C)NC(=O)[C@@H](N)CO)C(=O)O. The van der Waals surface area contributed by atoms with Crippen LogP contribution in [0.1, 0.15) is 13.3 Å². The van der Waals surface area contributed by atoms with Crippen LogP contribution in [0.15, 0.2) is 0 Å². The van der Waals surface area contributed by atoms with E-state index in [-0.39, 0.29) is 13.0 Å². The number of aliphatic hydroxyl groups excluding tert-OH is 2. The van der Waals surface area contributed by atoms with E-state index in [2.05, 4.69) is 16.1 Å². The summed E-state index contributed by atoms with van der Waals surface area (Å²) in [5, 5.41) is 32.7. The molecular weight excluding hydrogens is 352 g/mol. The van der Waals surface area contributed by atoms with E-state index in [1.54, 1.807) is 0 Å². The smallest absolute Gasteiger partial charge is 0.328 e. The van der Waals surface area contributed by atoms with E-state index in [4.69, 9.17) is 21.7 Å². The first-order chi connectivity index (χ1) is 12.0. The Hall–Kier alpha value is -2.48. The standard InChI is InChI=1S/C13H26N6O7/c1-6(21)10(12(24)25)17-13(26)16-7(3-9(15)22)4-19(2)18-11(23)8(14)5-20/h6-8,10,20-21H,3-5,14H2,1-2H3,(H2,15,22)(H,18,23)(H,24,25)(H2,16,17,26)/t6?,7-,8-,10-/m0/s1. The quantitative estimate of drug-likeness (QED) is 0.162. The number of carboxylic acids is 1. The van der Waals surface area contributed by atoms with Gasteiger partial charge in [0, 0.05) is 20.0 Å². The topological polar surface area (TPSA) is 220 Å². The predicted molar refractivity (Wildman–Crippen MR) is 88.2 cm³/mol. The number of likely N-dealkylation sites (N-methyl/N-ethyl adjacent to an activating group) is 1. The van der Waals surface area contributed by atoms with Crippen molar-refractivity contribution < 1.29 is 34.5 Å². The van der Waals surface area contributed by atoms with Gasteiger partial charge in [0.2, 0.25) is 5.91 Å². The first-order valence-electron chi connectivity index (χ1n) is 7.62. The van der Waals surface area contributed by atoms with Crippen molar-refractivity contribution in [2.45, 2.75) is 37.6 Å². The van der Waals surface area contributed by atoms with Crippen molar-refractivity contribution >= 4 is 23.8 Å². The molecule has 13 heteroatoms. The minimum Gasteiger partial charge on any atom is -0.480 e. The number of amides is 4. The maximum absolute atomic E-state index is 11.9. The van der Waals surface area contributed by atoms with Gasteiger partial charge in [0.25, 0.3) is 5.91 Å². The number of aliphatic hydroxyl groups is 2. The number of hydrogen-bond acceptors (Lipinski definition) is 8. The number of nitrogens with zero attached hydrogens (tertiary/aromatic N) is 1. The Morgan fingerprint density at radius 1 is 1.19 bits per heavy atom. The monoisotopic (exact) mass is 378 g/mol. The molecule has 0 spiro atoms. The molecule has 0 rings (SSSR count). The molecule has 0 aromatic carbocycles. The molecule has 150 valence electrons. The zero-order valence-corrected chi connectivity index (χ0v) is 14.5. The van der Waals surface area contributed by atoms with Crippen LogP contribution in [0.4, 0.5) is 4.79 Å². The number of nitrogens with one attached hydrogen (secondary N) is 3. The molecule has 0 fully saturated rings. The van der Waals surface area contributed by atoms with E-state index >= 15 is 0 Å². The van der Waals surface area contributed by atoms with Crippen molar-refractivity contribution in [3.63, 3.8) is 0 Å². The average Bonchev–Trinajstić information content (AvgIpc) is 2.49. The first kappa shape index (κ1) is 23.5. The molecule has 0 heterocycles. The molecule has 26 heavy (non-hydrogen) atoms. The second-order valence-corrected chi connectivity index (χ2v) is 5.69. The molecule has 13 nitrogen and oxygen atoms in total. The summed E-state index contributed by atoms with van der Waals surface area (Å²) in [6.45, 7) is 0.543. The molecular formula is C13H26N6O7. The molecule has 0 aliphatic carbocycles. The van der Waals surface area contributed by atoms with Crippen LogP contribution in [-0.4, -0.2) is 88.6 Å². The van der Waals surface area contributed by atoms with Gasteiger partial charge < -0.3 is 37.4 Å². The zero-order valence-electron chi connectivity index (χ0n) is 14.5. The van der Waals surface area contributed by atoms with Gasteiger partial charge in [-0.05, 0) is 6.92 Å². The van der Waals surface area contributed by atoms with Crippen LogP contribution < -0.4 is 27.5 Å². The van der Waals surface area contributed by atoms with Crippen LogP contribution in [0.5, 0.6) is 0 Å². The maximum Gasteiger partial charge on any atom is 0.328 e. The summed E-state index contributed by atoms with van der Waals surface area (Å²) in [7, 11) is 1.42. The summed E-state index contributed by atoms with van der Waals surface area (Å²) in [6.07, 6.45) is -1.65. The minimum absolute atomic E-state index is 0.0767. The Kier molecular flexibility index (Phi) is 10.1. The first-order valence-corrected chi connectivity index (χ1v) is 7.62. The van der Waals surface area contributed by atoms with Gasteiger partial charge in [-0.2, -0.15) is 0 Å². The number of nitrogens with two attached hydrogens (primary N) is 2. The number of hydrazine groups is 1. The molecule has 0 bridgehead atoms. The largest absolute Gasteiger partial charge is 0.480 e. The molecule has 0 radical (unpaired) electrons. The number of rotatable bonds is 11. The molecule has 4 amide bonds. The highest BCUT2D eigenvalue weighted by Gasteiger charge is 2.26. The summed E-state index contributed by atoms with van der Waals surface area (Å²) >= 11 is 0. The predicted octanol–water partition coefficient (Wildman–Crippen LogP) is -4.35. The van der Waals surface area contributed by atoms with Gasteiger partial charge in [-0.15, -0.1) is 0 Å². The molecule has 0 aromatic heterocycles. The lowest BCUT2D eigenvalue weighted by Crippen LogP contribution is -2.57. The minimum atomic E-state index is -1.55. The molecule has 1 unspecified atom stereocenters. The van der Waals surface area contributed by atoms with Crippen molar-refractivity contribution in [1.82, 2.24) is 21.1 Å². The van der Waals surface area contributed by atoms with Crippen LogP contribution in [0.25, 0.3) is 0 Å². The number of urea groups is 1. The van der Waals surface area contributed by atoms with Gasteiger partial charge in [-0.3, -0.25) is 15.0 Å². The summed E-state index contributed by atoms with van der Waals surface area (Å²) in [5.74, 6) is -2.87. The summed E-state index contributed by atoms with van der Waals surface area (Å²) < 4.78 is 0. The van der Waals surface area contributed by atoms with Crippen LogP contribution in [0, 0.1) is 0 Å². The van der Waals surface area contributed by atoms with Crippen molar-refractivity contribution in [1.29, 1.82) is 0 Å². The summed E-state index contributed by atoms with van der Waals surface area (Å²) in [6, 6.07) is -4.53. The van der Waals surface area contributed by atoms with Crippen molar-refractivity contribution in [3.05, 3.63) is 0 Å². The van der Waals surface area contributed by atoms with E-state index in [1.807, 2.05) is 0 Å². The molecule has 4 atom stereocenters. The van der Waals surface area contributed by atoms with Crippen LogP contribution in [-0.2, 0) is 14.4 Å². The maximum atomic E-state index is 11.9. The highest BCUT2D eigenvalue weighted by atomic mass is 16.4. The summed E-state index contributed by atoms with van der Waals surface area (Å²) in [4.78, 5) is 45.6. The number of carboxylic acid groups (broad SMARTS) is 1. The number of primary amides is 1. The molecule has 0 aliphatic heterocycles. The Balaban J connectivity index is 4.83. The van der Waals surface area contributed by atoms with Gasteiger partial charge in [-0.25, -0.2) is 14.6 Å². The highest BCUT2D eigenvalue weighted by Crippen LogP contribution is 1.97. The van der Waals surface area contributed by atoms with E-state index in [1.165, 1.54) is 19.0 Å². The number of hydrogen-bond donors (Lipinski definition) is 8. The van der Waals surface area contributed by atoms with Gasteiger partial charge in [0.1, 0.15) is 6.04 Å². The lowest BCUT2D eigenvalue weighted by atomic mass is 10.2. The number of carbonyl (C=O) groups excluding carboxylic acids is 3. The van der Waals surface area contributed by atoms with Crippen LogP contribution >= 0.6 is 0 Å². The summed E-state index contributed by atoms with van der Waals surface area (Å²) in [5.41, 5.74) is 12.8. The molecule has 0 saturated carbocycles. The second-order valence-electron chi connectivity index (χ2n) is 5.69. The van der Waals surface area contributed by atoms with Gasteiger partial charge in [0.15, 0.2) is 6.04 Å². The fourth-order valence-electron chi connectivity index (χ4n) is 1.89. The fourth-order valence-corrected chi connectivity index (χ4v) is 1.89. The third-order valence-corrected chi connectivity index (χ3v) is 3.15. The third kappa shape index (κ3) is 9.12. The molecule has 10 N–H and O–H groups in total. The normalized spacial score (nSPS) is 15.5. The zero-order chi connectivity index (χ0) is 20.4. The lowest BCUT2D eigenvalue weighted by Gasteiger charge is -2.26. The fraction of sp³-hybridized carbons (Fsp3) is 0.692. The Morgan fingerprint density at radius 3 is 2.19 bits per heavy atom. The third-order valence-electron chi connectivity index (χ3n) is 3.15. The van der Waals surface area contributed by atoms with Gasteiger partial charge >= 0.3 is 12.0 Å². The second kappa shape index (κ2) is 11.2. The molecule has 0 saturated heterocycles. The Bertz CT molecular complexity index is 515. The number of carbonyl (C=O) groups is 4. The van der Waals surface area contributed by atoms with E-state index in [0.717, 1.165) is 0 Å².